The van der Waals surface area contributed by atoms with Crippen LogP contribution in [0.3, 0.4) is 0 Å². The molecule has 0 amide bonds. The van der Waals surface area contributed by atoms with Gasteiger partial charge >= 0.3 is 0 Å². The lowest BCUT2D eigenvalue weighted by Gasteiger charge is -2.04. The summed E-state index contributed by atoms with van der Waals surface area (Å²) in [6, 6.07) is 9.53. The van der Waals surface area contributed by atoms with Crippen LogP contribution < -0.4 is 4.74 Å². The molecule has 0 bridgehead atoms. The summed E-state index contributed by atoms with van der Waals surface area (Å²) in [5.74, 6) is 0.633. The quantitative estimate of drug-likeness (QED) is 0.782. The van der Waals surface area contributed by atoms with Crippen LogP contribution in [0.25, 0.3) is 10.9 Å². The lowest BCUT2D eigenvalue weighted by Crippen LogP contribution is -1.87. The maximum Gasteiger partial charge on any atom is 0.299 e. The van der Waals surface area contributed by atoms with E-state index in [9.17, 15) is 0 Å². The molecule has 0 aliphatic rings. The summed E-state index contributed by atoms with van der Waals surface area (Å²) < 4.78 is 5.65. The Bertz CT molecular complexity index is 678. The Hall–Kier alpha value is -2.05. The molecule has 1 aromatic carbocycles. The molecule has 1 N–H and O–H groups in total. The maximum absolute atomic E-state index is 8.93. The SMILES string of the molecule is OCc1nnc(Oc2cccc3cccnc23)s1. The van der Waals surface area contributed by atoms with Crippen LogP contribution in [-0.2, 0) is 6.61 Å². The highest BCUT2D eigenvalue weighted by Crippen LogP contribution is 2.29. The van der Waals surface area contributed by atoms with Gasteiger partial charge in [-0.15, -0.1) is 5.10 Å². The van der Waals surface area contributed by atoms with Crippen LogP contribution in [0.1, 0.15) is 5.01 Å². The molecule has 3 aromatic rings. The second kappa shape index (κ2) is 4.67. The minimum Gasteiger partial charge on any atom is -0.427 e. The zero-order valence-corrected chi connectivity index (χ0v) is 10.1. The minimum absolute atomic E-state index is 0.130. The van der Waals surface area contributed by atoms with Gasteiger partial charge in [0.1, 0.15) is 10.5 Å². The zero-order valence-electron chi connectivity index (χ0n) is 9.28. The molecule has 2 aromatic heterocycles. The smallest absolute Gasteiger partial charge is 0.299 e. The average molecular weight is 259 g/mol. The van der Waals surface area contributed by atoms with Gasteiger partial charge in [-0.1, -0.05) is 34.6 Å². The van der Waals surface area contributed by atoms with E-state index in [1.807, 2.05) is 30.3 Å². The number of nitrogens with zero attached hydrogens (tertiary/aromatic N) is 3. The van der Waals surface area contributed by atoms with Crippen molar-refractivity contribution < 1.29 is 9.84 Å². The lowest BCUT2D eigenvalue weighted by atomic mass is 10.2. The first kappa shape index (κ1) is 11.1. The summed E-state index contributed by atoms with van der Waals surface area (Å²) in [4.78, 5) is 4.29. The van der Waals surface area contributed by atoms with Gasteiger partial charge in [0.05, 0.1) is 6.61 Å². The molecule has 90 valence electrons. The van der Waals surface area contributed by atoms with E-state index in [0.29, 0.717) is 16.0 Å². The van der Waals surface area contributed by atoms with Crippen molar-refractivity contribution >= 4 is 22.2 Å². The standard InChI is InChI=1S/C12H9N3O2S/c16-7-10-14-15-12(18-10)17-9-5-1-3-8-4-2-6-13-11(8)9/h1-6,16H,7H2. The molecule has 18 heavy (non-hydrogen) atoms. The maximum atomic E-state index is 8.93. The van der Waals surface area contributed by atoms with E-state index in [-0.39, 0.29) is 6.61 Å². The average Bonchev–Trinajstić information content (AvgIpc) is 2.87. The van der Waals surface area contributed by atoms with Crippen molar-refractivity contribution in [3.63, 3.8) is 0 Å². The van der Waals surface area contributed by atoms with Gasteiger partial charge < -0.3 is 9.84 Å². The lowest BCUT2D eigenvalue weighted by molar-refractivity contribution is 0.280. The van der Waals surface area contributed by atoms with E-state index in [0.717, 1.165) is 10.9 Å². The predicted octanol–water partition coefficient (Wildman–Crippen LogP) is 2.37. The largest absolute Gasteiger partial charge is 0.427 e. The molecule has 6 heteroatoms. The van der Waals surface area contributed by atoms with Crippen molar-refractivity contribution in [2.75, 3.05) is 0 Å². The van der Waals surface area contributed by atoms with Crippen molar-refractivity contribution in [2.24, 2.45) is 0 Å². The number of aromatic nitrogens is 3. The number of para-hydroxylation sites is 1. The fourth-order valence-corrected chi connectivity index (χ4v) is 2.16. The summed E-state index contributed by atoms with van der Waals surface area (Å²) >= 11 is 1.21. The number of ether oxygens (including phenoxy) is 1. The van der Waals surface area contributed by atoms with Gasteiger partial charge in [0.2, 0.25) is 0 Å². The number of benzene rings is 1. The highest BCUT2D eigenvalue weighted by molar-refractivity contribution is 7.13. The van der Waals surface area contributed by atoms with Crippen molar-refractivity contribution in [1.82, 2.24) is 15.2 Å². The van der Waals surface area contributed by atoms with Crippen LogP contribution in [-0.4, -0.2) is 20.3 Å². The molecule has 0 aliphatic carbocycles. The summed E-state index contributed by atoms with van der Waals surface area (Å²) in [7, 11) is 0. The molecule has 0 unspecified atom stereocenters. The van der Waals surface area contributed by atoms with E-state index < -0.39 is 0 Å². The minimum atomic E-state index is -0.130. The fraction of sp³-hybridized carbons (Fsp3) is 0.0833. The number of pyridine rings is 1. The Morgan fingerprint density at radius 3 is 2.89 bits per heavy atom. The van der Waals surface area contributed by atoms with Gasteiger partial charge in [0.15, 0.2) is 5.75 Å². The first-order valence-corrected chi connectivity index (χ1v) is 6.13. The van der Waals surface area contributed by atoms with Crippen molar-refractivity contribution in [2.45, 2.75) is 6.61 Å². The van der Waals surface area contributed by atoms with E-state index in [2.05, 4.69) is 15.2 Å². The van der Waals surface area contributed by atoms with Gasteiger partial charge in [-0.25, -0.2) is 0 Å². The molecule has 5 nitrogen and oxygen atoms in total. The molecular weight excluding hydrogens is 250 g/mol. The number of fused-ring (bicyclic) bond motifs is 1. The molecule has 0 spiro atoms. The Kier molecular flexibility index (Phi) is 2.87. The zero-order chi connectivity index (χ0) is 12.4. The van der Waals surface area contributed by atoms with Crippen LogP contribution in [0.4, 0.5) is 0 Å². The van der Waals surface area contributed by atoms with Crippen molar-refractivity contribution in [3.8, 4) is 10.9 Å². The third-order valence-electron chi connectivity index (χ3n) is 2.38. The number of rotatable bonds is 3. The van der Waals surface area contributed by atoms with E-state index in [1.165, 1.54) is 11.3 Å². The molecular formula is C12H9N3O2S. The van der Waals surface area contributed by atoms with Crippen LogP contribution in [0.5, 0.6) is 10.9 Å². The van der Waals surface area contributed by atoms with E-state index >= 15 is 0 Å². The molecule has 0 radical (unpaired) electrons. The monoisotopic (exact) mass is 259 g/mol. The van der Waals surface area contributed by atoms with Crippen LogP contribution in [0.2, 0.25) is 0 Å². The highest BCUT2D eigenvalue weighted by atomic mass is 32.1. The summed E-state index contributed by atoms with van der Waals surface area (Å²) in [6.07, 6.45) is 1.72. The molecule has 0 aliphatic heterocycles. The molecule has 0 saturated heterocycles. The van der Waals surface area contributed by atoms with Gasteiger partial charge in [-0.05, 0) is 12.1 Å². The molecule has 0 fully saturated rings. The number of hydrogen-bond donors (Lipinski definition) is 1. The predicted molar refractivity (Wildman–Crippen MR) is 67.6 cm³/mol. The van der Waals surface area contributed by atoms with Crippen molar-refractivity contribution in [1.29, 1.82) is 0 Å². The fourth-order valence-electron chi connectivity index (χ4n) is 1.60. The second-order valence-corrected chi connectivity index (χ2v) is 4.58. The Balaban J connectivity index is 1.99. The third-order valence-corrected chi connectivity index (χ3v) is 3.16. The summed E-state index contributed by atoms with van der Waals surface area (Å²) in [6.45, 7) is -0.130. The Morgan fingerprint density at radius 1 is 1.17 bits per heavy atom. The number of hydrogen-bond acceptors (Lipinski definition) is 6. The van der Waals surface area contributed by atoms with E-state index in [4.69, 9.17) is 9.84 Å². The normalized spacial score (nSPS) is 10.7. The van der Waals surface area contributed by atoms with Crippen LogP contribution in [0, 0.1) is 0 Å². The Morgan fingerprint density at radius 2 is 2.06 bits per heavy atom. The third kappa shape index (κ3) is 2.03. The second-order valence-electron chi connectivity index (χ2n) is 3.55. The van der Waals surface area contributed by atoms with Gasteiger partial charge in [-0.2, -0.15) is 0 Å². The van der Waals surface area contributed by atoms with E-state index in [1.54, 1.807) is 6.20 Å². The molecule has 0 atom stereocenters. The topological polar surface area (TPSA) is 68.1 Å². The first-order valence-electron chi connectivity index (χ1n) is 5.31. The number of aliphatic hydroxyl groups is 1. The van der Waals surface area contributed by atoms with Gasteiger partial charge in [0, 0.05) is 11.6 Å². The first-order chi connectivity index (χ1) is 8.86. The van der Waals surface area contributed by atoms with Gasteiger partial charge in [-0.3, -0.25) is 4.98 Å². The van der Waals surface area contributed by atoms with Crippen LogP contribution >= 0.6 is 11.3 Å². The Labute approximate surface area is 107 Å². The summed E-state index contributed by atoms with van der Waals surface area (Å²) in [5, 5.41) is 18.5. The molecule has 3 rings (SSSR count). The van der Waals surface area contributed by atoms with Gasteiger partial charge in [0.25, 0.3) is 5.19 Å². The summed E-state index contributed by atoms with van der Waals surface area (Å²) in [5.41, 5.74) is 0.778. The molecule has 0 saturated carbocycles. The van der Waals surface area contributed by atoms with Crippen LogP contribution in [0.15, 0.2) is 36.5 Å². The highest BCUT2D eigenvalue weighted by Gasteiger charge is 2.08. The number of aliphatic hydroxyl groups excluding tert-OH is 1. The van der Waals surface area contributed by atoms with Crippen molar-refractivity contribution in [3.05, 3.63) is 41.5 Å². The molecule has 2 heterocycles.